The zero-order chi connectivity index (χ0) is 39.3. The highest BCUT2D eigenvalue weighted by atomic mass is 35.5. The summed E-state index contributed by atoms with van der Waals surface area (Å²) in [5.41, 5.74) is 3.38. The minimum atomic E-state index is -3.87. The maximum atomic E-state index is 13.3. The topological polar surface area (TPSA) is 133 Å². The van der Waals surface area contributed by atoms with Crippen molar-refractivity contribution in [3.63, 3.8) is 0 Å². The molecule has 0 radical (unpaired) electrons. The molecule has 0 unspecified atom stereocenters. The van der Waals surface area contributed by atoms with Crippen LogP contribution in [0.5, 0.6) is 0 Å². The van der Waals surface area contributed by atoms with Gasteiger partial charge in [-0.3, -0.25) is 9.59 Å². The fraction of sp³-hybridized carbons (Fsp3) is 0.350. The number of halogens is 2. The van der Waals surface area contributed by atoms with E-state index in [2.05, 4.69) is 10.6 Å². The van der Waals surface area contributed by atoms with Gasteiger partial charge in [0.1, 0.15) is 9.79 Å². The molecule has 54 heavy (non-hydrogen) atoms. The number of nitrogens with one attached hydrogen (secondary N) is 2. The van der Waals surface area contributed by atoms with E-state index in [0.717, 1.165) is 43.2 Å². The summed E-state index contributed by atoms with van der Waals surface area (Å²) < 4.78 is 55.2. The molecule has 288 valence electrons. The van der Waals surface area contributed by atoms with Crippen LogP contribution in [-0.2, 0) is 25.5 Å². The Kier molecular flexibility index (Phi) is 13.3. The van der Waals surface area contributed by atoms with Crippen LogP contribution in [0.4, 0.5) is 11.4 Å². The van der Waals surface area contributed by atoms with Crippen LogP contribution in [0.25, 0.3) is 0 Å². The van der Waals surface area contributed by atoms with Crippen molar-refractivity contribution >= 4 is 66.4 Å². The van der Waals surface area contributed by atoms with Crippen LogP contribution < -0.4 is 10.6 Å². The van der Waals surface area contributed by atoms with Crippen molar-refractivity contribution in [3.8, 4) is 0 Å². The first kappa shape index (κ1) is 41.4. The van der Waals surface area contributed by atoms with Gasteiger partial charge in [-0.2, -0.15) is 8.61 Å². The van der Waals surface area contributed by atoms with Gasteiger partial charge in [0.2, 0.25) is 20.0 Å². The number of hydrogen-bond acceptors (Lipinski definition) is 6. The molecule has 14 heteroatoms. The van der Waals surface area contributed by atoms with Crippen molar-refractivity contribution in [2.24, 2.45) is 0 Å². The number of nitrogens with zero attached hydrogens (tertiary/aromatic N) is 2. The number of benzene rings is 4. The summed E-state index contributed by atoms with van der Waals surface area (Å²) in [6.07, 6.45) is 5.06. The summed E-state index contributed by atoms with van der Waals surface area (Å²) in [7, 11) is -7.74. The van der Waals surface area contributed by atoms with Crippen molar-refractivity contribution in [2.45, 2.75) is 75.0 Å². The van der Waals surface area contributed by atoms with Crippen LogP contribution in [-0.4, -0.2) is 63.4 Å². The van der Waals surface area contributed by atoms with E-state index in [4.69, 9.17) is 23.2 Å². The number of carbonyl (C=O) groups excluding carboxylic acids is 2. The lowest BCUT2D eigenvalue weighted by atomic mass is 9.65. The van der Waals surface area contributed by atoms with Gasteiger partial charge in [-0.1, -0.05) is 94.4 Å². The summed E-state index contributed by atoms with van der Waals surface area (Å²) in [5.74, 6) is -0.915. The van der Waals surface area contributed by atoms with Gasteiger partial charge >= 0.3 is 0 Å². The lowest BCUT2D eigenvalue weighted by molar-refractivity contribution is 0.101. The lowest BCUT2D eigenvalue weighted by Crippen LogP contribution is -2.31. The van der Waals surface area contributed by atoms with E-state index in [1.165, 1.54) is 45.0 Å². The molecule has 10 nitrogen and oxygen atoms in total. The maximum absolute atomic E-state index is 13.3. The van der Waals surface area contributed by atoms with Crippen LogP contribution in [0.15, 0.2) is 94.7 Å². The van der Waals surface area contributed by atoms with Crippen molar-refractivity contribution < 1.29 is 26.4 Å². The Labute approximate surface area is 329 Å². The molecule has 4 aromatic rings. The number of carbonyl (C=O) groups is 2. The second-order valence-electron chi connectivity index (χ2n) is 13.2. The van der Waals surface area contributed by atoms with E-state index < -0.39 is 31.9 Å². The van der Waals surface area contributed by atoms with Gasteiger partial charge < -0.3 is 10.6 Å². The first-order chi connectivity index (χ1) is 25.7. The minimum absolute atomic E-state index is 0.0511. The predicted molar refractivity (Wildman–Crippen MR) is 216 cm³/mol. The zero-order valence-corrected chi connectivity index (χ0v) is 34.0. The van der Waals surface area contributed by atoms with E-state index in [1.807, 2.05) is 48.5 Å². The summed E-state index contributed by atoms with van der Waals surface area (Å²) in [6.45, 7) is 8.08. The molecular formula is C40H46Cl2N4O6S2. The van der Waals surface area contributed by atoms with E-state index in [9.17, 15) is 26.4 Å². The van der Waals surface area contributed by atoms with Crippen molar-refractivity contribution in [1.29, 1.82) is 0 Å². The standard InChI is InChI=1S/C40H46Cl2N4O6S2/c1-5-45(6-2)53(49,50)36-26-28(12-22-34(36)41)38(47)43-32-18-14-30(15-19-32)40(24-10-9-11-25-40)31-16-20-33(21-17-31)44-39(48)29-13-23-35(42)37(27-29)54(51,52)46(7-3)8-4/h12-23,26-27H,5-11,24-25H2,1-4H3,(H,43,47)(H,44,48). The van der Waals surface area contributed by atoms with Crippen LogP contribution in [0.2, 0.25) is 10.0 Å². The highest BCUT2D eigenvalue weighted by Gasteiger charge is 2.36. The minimum Gasteiger partial charge on any atom is -0.322 e. The molecule has 5 rings (SSSR count). The largest absolute Gasteiger partial charge is 0.322 e. The van der Waals surface area contributed by atoms with Crippen LogP contribution in [0, 0.1) is 0 Å². The lowest BCUT2D eigenvalue weighted by Gasteiger charge is -2.39. The molecule has 2 N–H and O–H groups in total. The van der Waals surface area contributed by atoms with E-state index in [1.54, 1.807) is 27.7 Å². The molecule has 1 aliphatic carbocycles. The molecule has 4 aromatic carbocycles. The molecule has 0 aliphatic heterocycles. The molecule has 0 bridgehead atoms. The molecule has 0 aromatic heterocycles. The second-order valence-corrected chi connectivity index (χ2v) is 17.8. The van der Waals surface area contributed by atoms with Gasteiger partial charge in [-0.15, -0.1) is 0 Å². The van der Waals surface area contributed by atoms with Crippen molar-refractivity contribution in [2.75, 3.05) is 36.8 Å². The molecular weight excluding hydrogens is 768 g/mol. The number of hydrogen-bond donors (Lipinski definition) is 2. The predicted octanol–water partition coefficient (Wildman–Crippen LogP) is 8.81. The number of rotatable bonds is 14. The Morgan fingerprint density at radius 1 is 0.574 bits per heavy atom. The van der Waals surface area contributed by atoms with Crippen LogP contribution in [0.3, 0.4) is 0 Å². The quantitative estimate of drug-likeness (QED) is 0.131. The summed E-state index contributed by atoms with van der Waals surface area (Å²) in [5, 5.41) is 5.88. The normalized spacial score (nSPS) is 14.6. The van der Waals surface area contributed by atoms with Crippen LogP contribution in [0.1, 0.15) is 91.6 Å². The van der Waals surface area contributed by atoms with Gasteiger partial charge in [-0.05, 0) is 84.6 Å². The SMILES string of the molecule is CCN(CC)S(=O)(=O)c1cc(C(=O)Nc2ccc(C3(c4ccc(NC(=O)c5ccc(Cl)c(S(=O)(=O)N(CC)CC)c5)cc4)CCCCC3)cc2)ccc1Cl. The average Bonchev–Trinajstić information content (AvgIpc) is 3.16. The Hall–Kier alpha value is -3.78. The molecule has 1 aliphatic rings. The van der Waals surface area contributed by atoms with E-state index >= 15 is 0 Å². The van der Waals surface area contributed by atoms with Gasteiger partial charge in [0.25, 0.3) is 11.8 Å². The van der Waals surface area contributed by atoms with Gasteiger partial charge in [0.15, 0.2) is 0 Å². The second kappa shape index (κ2) is 17.3. The third kappa shape index (κ3) is 8.54. The highest BCUT2D eigenvalue weighted by Crippen LogP contribution is 2.45. The molecule has 0 atom stereocenters. The zero-order valence-electron chi connectivity index (χ0n) is 30.9. The third-order valence-corrected chi connectivity index (χ3v) is 15.2. The summed E-state index contributed by atoms with van der Waals surface area (Å²) >= 11 is 12.6. The Morgan fingerprint density at radius 3 is 1.26 bits per heavy atom. The fourth-order valence-corrected chi connectivity index (χ4v) is 11.1. The molecule has 0 heterocycles. The first-order valence-electron chi connectivity index (χ1n) is 18.1. The summed E-state index contributed by atoms with van der Waals surface area (Å²) in [4.78, 5) is 26.3. The first-order valence-corrected chi connectivity index (χ1v) is 21.8. The van der Waals surface area contributed by atoms with Crippen molar-refractivity contribution in [1.82, 2.24) is 8.61 Å². The molecule has 2 amide bonds. The van der Waals surface area contributed by atoms with E-state index in [0.29, 0.717) is 11.4 Å². The average molecular weight is 814 g/mol. The Balaban J connectivity index is 1.34. The number of sulfonamides is 2. The van der Waals surface area contributed by atoms with Gasteiger partial charge in [0.05, 0.1) is 10.0 Å². The molecule has 1 fully saturated rings. The van der Waals surface area contributed by atoms with Gasteiger partial charge in [-0.25, -0.2) is 16.8 Å². The van der Waals surface area contributed by atoms with Crippen LogP contribution >= 0.6 is 23.2 Å². The van der Waals surface area contributed by atoms with Gasteiger partial charge in [0, 0.05) is 54.1 Å². The van der Waals surface area contributed by atoms with E-state index in [-0.39, 0.29) is 62.6 Å². The third-order valence-electron chi connectivity index (χ3n) is 10.1. The number of anilines is 2. The maximum Gasteiger partial charge on any atom is 0.255 e. The summed E-state index contributed by atoms with van der Waals surface area (Å²) in [6, 6.07) is 23.9. The van der Waals surface area contributed by atoms with Crippen molar-refractivity contribution in [3.05, 3.63) is 117 Å². The molecule has 0 saturated heterocycles. The molecule has 1 saturated carbocycles. The fourth-order valence-electron chi connectivity index (χ4n) is 7.14. The Bertz CT molecular complexity index is 2050. The Morgan fingerprint density at radius 2 is 0.926 bits per heavy atom. The molecule has 0 spiro atoms. The smallest absolute Gasteiger partial charge is 0.255 e. The monoisotopic (exact) mass is 812 g/mol. The highest BCUT2D eigenvalue weighted by molar-refractivity contribution is 7.89. The number of amides is 2.